The summed E-state index contributed by atoms with van der Waals surface area (Å²) in [6, 6.07) is 0.564. The lowest BCUT2D eigenvalue weighted by Gasteiger charge is -2.38. The molecular weight excluding hydrogens is 697 g/mol. The number of ether oxygens (including phenoxy) is 2. The maximum absolute atomic E-state index is 12.8. The Bertz CT molecular complexity index is 832. The van der Waals surface area contributed by atoms with Crippen molar-refractivity contribution in [3.8, 4) is 0 Å². The monoisotopic (exact) mass is 793 g/mol. The average Bonchev–Trinajstić information content (AvgIpc) is 3.20. The summed E-state index contributed by atoms with van der Waals surface area (Å²) in [6.07, 6.45) is 41.3. The number of carbonyl (C=O) groups is 2. The highest BCUT2D eigenvalue weighted by Crippen LogP contribution is 2.20. The molecule has 0 aromatic rings. The minimum atomic E-state index is -0.0181. The summed E-state index contributed by atoms with van der Waals surface area (Å²) in [7, 11) is 0. The van der Waals surface area contributed by atoms with Crippen LogP contribution in [0.25, 0.3) is 0 Å². The third-order valence-corrected chi connectivity index (χ3v) is 12.2. The number of aliphatic hydroxyl groups is 1. The van der Waals surface area contributed by atoms with Gasteiger partial charge in [0.15, 0.2) is 0 Å². The van der Waals surface area contributed by atoms with Gasteiger partial charge >= 0.3 is 11.9 Å². The standard InChI is InChI=1S/C49H96N2O5/c1-4-7-10-13-16-17-18-24-32-45-55-48(53)35-29-25-30-39-50-41-37-46(38-42-50)51(43-44-52)40-31-23-19-22-28-36-49(54)56-47(33-26-20-14-11-8-5-2)34-27-21-15-12-9-6-3/h46-47,52H,4-45H2,1-3H3. The number of nitrogens with zero attached hydrogens (tertiary/aromatic N) is 2. The summed E-state index contributed by atoms with van der Waals surface area (Å²) in [6.45, 7) is 12.8. The highest BCUT2D eigenvalue weighted by atomic mass is 16.5. The average molecular weight is 793 g/mol. The topological polar surface area (TPSA) is 79.3 Å². The quantitative estimate of drug-likeness (QED) is 0.0487. The molecule has 1 rings (SSSR count). The largest absolute Gasteiger partial charge is 0.466 e. The Morgan fingerprint density at radius 3 is 1.54 bits per heavy atom. The van der Waals surface area contributed by atoms with Gasteiger partial charge in [-0.2, -0.15) is 0 Å². The molecule has 0 saturated carbocycles. The molecule has 0 amide bonds. The molecule has 0 atom stereocenters. The first-order valence-electron chi connectivity index (χ1n) is 25.0. The number of unbranched alkanes of at least 4 members (excludes halogenated alkanes) is 24. The van der Waals surface area contributed by atoms with Crippen LogP contribution < -0.4 is 0 Å². The van der Waals surface area contributed by atoms with Crippen LogP contribution in [0.4, 0.5) is 0 Å². The van der Waals surface area contributed by atoms with Gasteiger partial charge in [-0.1, -0.05) is 162 Å². The Morgan fingerprint density at radius 2 is 1.00 bits per heavy atom. The lowest BCUT2D eigenvalue weighted by atomic mass is 10.0. The molecular formula is C49H96N2O5. The molecule has 332 valence electrons. The van der Waals surface area contributed by atoms with Crippen LogP contribution in [0.2, 0.25) is 0 Å². The van der Waals surface area contributed by atoms with Gasteiger partial charge in [0, 0.05) is 25.4 Å². The molecule has 0 radical (unpaired) electrons. The first-order valence-corrected chi connectivity index (χ1v) is 25.0. The van der Waals surface area contributed by atoms with E-state index in [1.807, 2.05) is 0 Å². The van der Waals surface area contributed by atoms with E-state index in [1.165, 1.54) is 148 Å². The van der Waals surface area contributed by atoms with Gasteiger partial charge in [-0.05, 0) is 96.8 Å². The van der Waals surface area contributed by atoms with Crippen LogP contribution >= 0.6 is 0 Å². The summed E-state index contributed by atoms with van der Waals surface area (Å²) in [4.78, 5) is 30.0. The molecule has 7 heteroatoms. The van der Waals surface area contributed by atoms with E-state index in [4.69, 9.17) is 9.47 Å². The van der Waals surface area contributed by atoms with Gasteiger partial charge in [-0.3, -0.25) is 14.5 Å². The first-order chi connectivity index (χ1) is 27.5. The van der Waals surface area contributed by atoms with Gasteiger partial charge in [0.2, 0.25) is 0 Å². The van der Waals surface area contributed by atoms with E-state index in [0.717, 1.165) is 96.9 Å². The van der Waals surface area contributed by atoms with E-state index in [1.54, 1.807) is 0 Å². The number of piperidine rings is 1. The fourth-order valence-corrected chi connectivity index (χ4v) is 8.49. The van der Waals surface area contributed by atoms with E-state index in [9.17, 15) is 14.7 Å². The van der Waals surface area contributed by atoms with Crippen LogP contribution in [-0.4, -0.2) is 84.9 Å². The zero-order valence-electron chi connectivity index (χ0n) is 37.8. The molecule has 1 saturated heterocycles. The van der Waals surface area contributed by atoms with E-state index in [-0.39, 0.29) is 24.6 Å². The van der Waals surface area contributed by atoms with Gasteiger partial charge < -0.3 is 19.5 Å². The minimum Gasteiger partial charge on any atom is -0.466 e. The maximum atomic E-state index is 12.8. The molecule has 1 aliphatic heterocycles. The number of hydrogen-bond donors (Lipinski definition) is 1. The number of esters is 2. The molecule has 0 bridgehead atoms. The molecule has 1 aliphatic rings. The zero-order valence-corrected chi connectivity index (χ0v) is 37.8. The van der Waals surface area contributed by atoms with Crippen molar-refractivity contribution in [2.75, 3.05) is 45.9 Å². The van der Waals surface area contributed by atoms with Gasteiger partial charge in [0.1, 0.15) is 6.10 Å². The minimum absolute atomic E-state index is 0.0181. The van der Waals surface area contributed by atoms with Crippen molar-refractivity contribution >= 4 is 11.9 Å². The summed E-state index contributed by atoms with van der Waals surface area (Å²) in [5, 5.41) is 9.79. The number of rotatable bonds is 42. The second-order valence-corrected chi connectivity index (χ2v) is 17.4. The Labute approximate surface area is 348 Å². The van der Waals surface area contributed by atoms with Gasteiger partial charge in [-0.15, -0.1) is 0 Å². The Balaban J connectivity index is 2.13. The molecule has 1 heterocycles. The second-order valence-electron chi connectivity index (χ2n) is 17.4. The Kier molecular flexibility index (Phi) is 38.3. The summed E-state index contributed by atoms with van der Waals surface area (Å²) in [5.74, 6) is 0.00220. The SMILES string of the molecule is CCCCCCCCCCCOC(=O)CCCCCN1CCC(N(CCO)CCCCCCCC(=O)OC(CCCCCCCC)CCCCCCCC)CC1. The lowest BCUT2D eigenvalue weighted by molar-refractivity contribution is -0.150. The predicted octanol–water partition coefficient (Wildman–Crippen LogP) is 13.1. The maximum Gasteiger partial charge on any atom is 0.306 e. The molecule has 1 fully saturated rings. The second kappa shape index (κ2) is 40.6. The summed E-state index contributed by atoms with van der Waals surface area (Å²) < 4.78 is 11.5. The normalized spacial score (nSPS) is 14.0. The smallest absolute Gasteiger partial charge is 0.306 e. The van der Waals surface area contributed by atoms with Crippen molar-refractivity contribution < 1.29 is 24.2 Å². The van der Waals surface area contributed by atoms with E-state index in [0.29, 0.717) is 25.5 Å². The fourth-order valence-electron chi connectivity index (χ4n) is 8.49. The Hall–Kier alpha value is -1.18. The van der Waals surface area contributed by atoms with Crippen LogP contribution in [0.5, 0.6) is 0 Å². The molecule has 0 spiro atoms. The van der Waals surface area contributed by atoms with Crippen molar-refractivity contribution in [1.82, 2.24) is 9.80 Å². The first kappa shape index (κ1) is 52.8. The number of carbonyl (C=O) groups excluding carboxylic acids is 2. The van der Waals surface area contributed by atoms with Crippen molar-refractivity contribution in [1.29, 1.82) is 0 Å². The van der Waals surface area contributed by atoms with Crippen LogP contribution in [0.15, 0.2) is 0 Å². The molecule has 7 nitrogen and oxygen atoms in total. The van der Waals surface area contributed by atoms with Gasteiger partial charge in [0.25, 0.3) is 0 Å². The van der Waals surface area contributed by atoms with Crippen molar-refractivity contribution in [3.63, 3.8) is 0 Å². The lowest BCUT2D eigenvalue weighted by Crippen LogP contribution is -2.46. The molecule has 56 heavy (non-hydrogen) atoms. The van der Waals surface area contributed by atoms with Crippen LogP contribution in [0.3, 0.4) is 0 Å². The Morgan fingerprint density at radius 1 is 0.554 bits per heavy atom. The van der Waals surface area contributed by atoms with Gasteiger partial charge in [0.05, 0.1) is 13.2 Å². The zero-order chi connectivity index (χ0) is 40.6. The highest BCUT2D eigenvalue weighted by Gasteiger charge is 2.24. The van der Waals surface area contributed by atoms with E-state index in [2.05, 4.69) is 30.6 Å². The highest BCUT2D eigenvalue weighted by molar-refractivity contribution is 5.69. The van der Waals surface area contributed by atoms with E-state index < -0.39 is 0 Å². The molecule has 0 aliphatic carbocycles. The molecule has 0 unspecified atom stereocenters. The van der Waals surface area contributed by atoms with Crippen molar-refractivity contribution in [2.24, 2.45) is 0 Å². The summed E-state index contributed by atoms with van der Waals surface area (Å²) in [5.41, 5.74) is 0. The third kappa shape index (κ3) is 32.7. The molecule has 0 aromatic carbocycles. The predicted molar refractivity (Wildman–Crippen MR) is 238 cm³/mol. The van der Waals surface area contributed by atoms with Crippen LogP contribution in [-0.2, 0) is 19.1 Å². The molecule has 0 aromatic heterocycles. The van der Waals surface area contributed by atoms with Crippen molar-refractivity contribution in [2.45, 2.75) is 258 Å². The van der Waals surface area contributed by atoms with Crippen LogP contribution in [0, 0.1) is 0 Å². The fraction of sp³-hybridized carbons (Fsp3) is 0.959. The summed E-state index contributed by atoms with van der Waals surface area (Å²) >= 11 is 0. The van der Waals surface area contributed by atoms with Crippen molar-refractivity contribution in [3.05, 3.63) is 0 Å². The molecule has 1 N–H and O–H groups in total. The number of likely N-dealkylation sites (tertiary alicyclic amines) is 1. The van der Waals surface area contributed by atoms with Gasteiger partial charge in [-0.25, -0.2) is 0 Å². The third-order valence-electron chi connectivity index (χ3n) is 12.2. The van der Waals surface area contributed by atoms with E-state index >= 15 is 0 Å². The number of aliphatic hydroxyl groups excluding tert-OH is 1. The number of hydrogen-bond acceptors (Lipinski definition) is 7. The van der Waals surface area contributed by atoms with Crippen LogP contribution in [0.1, 0.15) is 245 Å².